The maximum Gasteiger partial charge on any atom is 0.252 e. The number of carbonyl (C=O) groups is 1. The number of amides is 1. The molecule has 0 aliphatic carbocycles. The smallest absolute Gasteiger partial charge is 0.252 e. The number of hydrogen-bond donors (Lipinski definition) is 1. The molecule has 0 aliphatic rings. The maximum absolute atomic E-state index is 12.3. The Balaban J connectivity index is 2.16. The van der Waals surface area contributed by atoms with E-state index in [0.717, 1.165) is 17.2 Å². The van der Waals surface area contributed by atoms with Gasteiger partial charge in [0.2, 0.25) is 0 Å². The van der Waals surface area contributed by atoms with E-state index >= 15 is 0 Å². The number of nitrogens with one attached hydrogen (secondary N) is 1. The molecule has 21 heavy (non-hydrogen) atoms. The van der Waals surface area contributed by atoms with Gasteiger partial charge in [-0.1, -0.05) is 25.4 Å². The van der Waals surface area contributed by atoms with Crippen LogP contribution in [0.2, 0.25) is 5.15 Å². The Kier molecular flexibility index (Phi) is 4.68. The minimum Gasteiger partial charge on any atom is -0.464 e. The molecule has 112 valence electrons. The van der Waals surface area contributed by atoms with Crippen LogP contribution in [0, 0.1) is 6.92 Å². The molecule has 0 spiro atoms. The lowest BCUT2D eigenvalue weighted by atomic mass is 10.1. The van der Waals surface area contributed by atoms with Crippen molar-refractivity contribution in [2.75, 3.05) is 0 Å². The molecular weight excluding hydrogens is 288 g/mol. The molecular formula is C16H19ClN2O2. The minimum atomic E-state index is -0.208. The number of aromatic nitrogens is 1. The van der Waals surface area contributed by atoms with E-state index in [1.165, 1.54) is 0 Å². The maximum atomic E-state index is 12.3. The molecule has 0 aliphatic heterocycles. The van der Waals surface area contributed by atoms with Crippen LogP contribution in [-0.2, 0) is 0 Å². The van der Waals surface area contributed by atoms with Crippen LogP contribution >= 0.6 is 11.6 Å². The molecule has 0 fully saturated rings. The van der Waals surface area contributed by atoms with Gasteiger partial charge in [-0.25, -0.2) is 4.98 Å². The predicted molar refractivity (Wildman–Crippen MR) is 82.7 cm³/mol. The lowest BCUT2D eigenvalue weighted by molar-refractivity contribution is 0.0935. The highest BCUT2D eigenvalue weighted by atomic mass is 35.5. The molecule has 4 nitrogen and oxygen atoms in total. The normalized spacial score (nSPS) is 12.5. The SMILES string of the molecule is Cc1ccc(C(C)NC(=O)c2cc(Cl)nc(C(C)C)c2)o1. The Morgan fingerprint density at radius 3 is 2.57 bits per heavy atom. The minimum absolute atomic E-state index is 0.192. The molecule has 2 heterocycles. The van der Waals surface area contributed by atoms with Gasteiger partial charge in [-0.15, -0.1) is 0 Å². The molecule has 0 saturated heterocycles. The zero-order valence-electron chi connectivity index (χ0n) is 12.6. The molecule has 2 aromatic heterocycles. The number of aryl methyl sites for hydroxylation is 1. The van der Waals surface area contributed by atoms with Crippen LogP contribution in [0.5, 0.6) is 0 Å². The second-order valence-corrected chi connectivity index (χ2v) is 5.79. The predicted octanol–water partition coefficient (Wildman–Crippen LogP) is 4.25. The van der Waals surface area contributed by atoms with Crippen molar-refractivity contribution in [3.05, 3.63) is 52.2 Å². The van der Waals surface area contributed by atoms with Crippen molar-refractivity contribution in [3.63, 3.8) is 0 Å². The van der Waals surface area contributed by atoms with E-state index in [-0.39, 0.29) is 17.9 Å². The number of rotatable bonds is 4. The Bertz CT molecular complexity index is 649. The third-order valence-corrected chi connectivity index (χ3v) is 3.40. The molecule has 0 bridgehead atoms. The highest BCUT2D eigenvalue weighted by Gasteiger charge is 2.16. The first kappa shape index (κ1) is 15.6. The lowest BCUT2D eigenvalue weighted by Gasteiger charge is -2.13. The molecule has 1 amide bonds. The van der Waals surface area contributed by atoms with E-state index in [4.69, 9.17) is 16.0 Å². The number of carbonyl (C=O) groups excluding carboxylic acids is 1. The van der Waals surface area contributed by atoms with Crippen molar-refractivity contribution in [1.29, 1.82) is 0 Å². The fourth-order valence-corrected chi connectivity index (χ4v) is 2.20. The first-order valence-corrected chi connectivity index (χ1v) is 7.29. The summed E-state index contributed by atoms with van der Waals surface area (Å²) in [5.41, 5.74) is 1.31. The van der Waals surface area contributed by atoms with Crippen LogP contribution in [0.3, 0.4) is 0 Å². The van der Waals surface area contributed by atoms with Crippen molar-refractivity contribution in [3.8, 4) is 0 Å². The quantitative estimate of drug-likeness (QED) is 0.859. The van der Waals surface area contributed by atoms with Gasteiger partial charge < -0.3 is 9.73 Å². The van der Waals surface area contributed by atoms with E-state index in [1.54, 1.807) is 12.1 Å². The van der Waals surface area contributed by atoms with Crippen LogP contribution in [0.4, 0.5) is 0 Å². The van der Waals surface area contributed by atoms with Crippen LogP contribution in [0.25, 0.3) is 0 Å². The van der Waals surface area contributed by atoms with Gasteiger partial charge in [-0.2, -0.15) is 0 Å². The van der Waals surface area contributed by atoms with E-state index in [1.807, 2.05) is 39.8 Å². The van der Waals surface area contributed by atoms with Gasteiger partial charge in [0, 0.05) is 11.3 Å². The van der Waals surface area contributed by atoms with Gasteiger partial charge in [-0.05, 0) is 44.0 Å². The third kappa shape index (κ3) is 3.85. The van der Waals surface area contributed by atoms with E-state index < -0.39 is 0 Å². The van der Waals surface area contributed by atoms with Crippen LogP contribution in [0.1, 0.15) is 60.3 Å². The molecule has 0 aromatic carbocycles. The summed E-state index contributed by atoms with van der Waals surface area (Å²) in [4.78, 5) is 16.5. The zero-order valence-corrected chi connectivity index (χ0v) is 13.4. The van der Waals surface area contributed by atoms with E-state index in [9.17, 15) is 4.79 Å². The van der Waals surface area contributed by atoms with E-state index in [0.29, 0.717) is 10.7 Å². The molecule has 0 saturated carbocycles. The molecule has 5 heteroatoms. The van der Waals surface area contributed by atoms with Gasteiger partial charge in [-0.3, -0.25) is 4.79 Å². The van der Waals surface area contributed by atoms with E-state index in [2.05, 4.69) is 10.3 Å². The Hall–Kier alpha value is -1.81. The number of furan rings is 1. The average molecular weight is 307 g/mol. The van der Waals surface area contributed by atoms with Crippen molar-refractivity contribution < 1.29 is 9.21 Å². The van der Waals surface area contributed by atoms with Gasteiger partial charge in [0.25, 0.3) is 5.91 Å². The monoisotopic (exact) mass is 306 g/mol. The highest BCUT2D eigenvalue weighted by Crippen LogP contribution is 2.20. The number of hydrogen-bond acceptors (Lipinski definition) is 3. The molecule has 1 atom stereocenters. The Morgan fingerprint density at radius 1 is 1.29 bits per heavy atom. The second kappa shape index (κ2) is 6.31. The highest BCUT2D eigenvalue weighted by molar-refractivity contribution is 6.29. The third-order valence-electron chi connectivity index (χ3n) is 3.20. The van der Waals surface area contributed by atoms with Crippen molar-refractivity contribution in [2.24, 2.45) is 0 Å². The largest absolute Gasteiger partial charge is 0.464 e. The van der Waals surface area contributed by atoms with Gasteiger partial charge in [0.05, 0.1) is 6.04 Å². The first-order valence-electron chi connectivity index (χ1n) is 6.91. The summed E-state index contributed by atoms with van der Waals surface area (Å²) in [5, 5.41) is 3.23. The van der Waals surface area contributed by atoms with Crippen molar-refractivity contribution in [2.45, 2.75) is 39.7 Å². The van der Waals surface area contributed by atoms with Crippen LogP contribution < -0.4 is 5.32 Å². The van der Waals surface area contributed by atoms with Gasteiger partial charge >= 0.3 is 0 Å². The number of pyridine rings is 1. The number of halogens is 1. The fourth-order valence-electron chi connectivity index (χ4n) is 1.98. The van der Waals surface area contributed by atoms with Gasteiger partial charge in [0.15, 0.2) is 0 Å². The zero-order chi connectivity index (χ0) is 15.6. The van der Waals surface area contributed by atoms with Crippen LogP contribution in [0.15, 0.2) is 28.7 Å². The molecule has 2 aromatic rings. The van der Waals surface area contributed by atoms with Crippen LogP contribution in [-0.4, -0.2) is 10.9 Å². The summed E-state index contributed by atoms with van der Waals surface area (Å²) in [7, 11) is 0. The molecule has 1 N–H and O–H groups in total. The lowest BCUT2D eigenvalue weighted by Crippen LogP contribution is -2.26. The summed E-state index contributed by atoms with van der Waals surface area (Å²) in [6.45, 7) is 7.76. The summed E-state index contributed by atoms with van der Waals surface area (Å²) < 4.78 is 5.51. The Morgan fingerprint density at radius 2 is 2.00 bits per heavy atom. The first-order chi connectivity index (χ1) is 9.86. The average Bonchev–Trinajstić information content (AvgIpc) is 2.84. The second-order valence-electron chi connectivity index (χ2n) is 5.40. The summed E-state index contributed by atoms with van der Waals surface area (Å²) in [5.74, 6) is 1.56. The van der Waals surface area contributed by atoms with Gasteiger partial charge in [0.1, 0.15) is 16.7 Å². The number of nitrogens with zero attached hydrogens (tertiary/aromatic N) is 1. The van der Waals surface area contributed by atoms with Crippen molar-refractivity contribution in [1.82, 2.24) is 10.3 Å². The standard InChI is InChI=1S/C16H19ClN2O2/c1-9(2)13-7-12(8-15(17)19-13)16(20)18-11(4)14-6-5-10(3)21-14/h5-9,11H,1-4H3,(H,18,20). The topological polar surface area (TPSA) is 55.1 Å². The summed E-state index contributed by atoms with van der Waals surface area (Å²) in [6, 6.07) is 6.87. The summed E-state index contributed by atoms with van der Waals surface area (Å²) in [6.07, 6.45) is 0. The molecule has 0 radical (unpaired) electrons. The van der Waals surface area contributed by atoms with Crippen molar-refractivity contribution >= 4 is 17.5 Å². The Labute approximate surface area is 129 Å². The fraction of sp³-hybridized carbons (Fsp3) is 0.375. The molecule has 2 rings (SSSR count). The molecule has 1 unspecified atom stereocenters. The summed E-state index contributed by atoms with van der Waals surface area (Å²) >= 11 is 5.99.